The topological polar surface area (TPSA) is 75.7 Å². The van der Waals surface area contributed by atoms with Crippen LogP contribution in [0.15, 0.2) is 54.6 Å². The molecule has 0 unspecified atom stereocenters. The molecule has 182 valence electrons. The predicted octanol–water partition coefficient (Wildman–Crippen LogP) is 5.38. The maximum absolute atomic E-state index is 13.1. The Kier molecular flexibility index (Phi) is 10.1. The highest BCUT2D eigenvalue weighted by atomic mass is 16.5. The van der Waals surface area contributed by atoms with Crippen molar-refractivity contribution in [3.05, 3.63) is 65.7 Å². The van der Waals surface area contributed by atoms with Gasteiger partial charge in [-0.05, 0) is 49.8 Å². The van der Waals surface area contributed by atoms with Gasteiger partial charge in [-0.2, -0.15) is 0 Å². The Morgan fingerprint density at radius 1 is 0.912 bits per heavy atom. The van der Waals surface area contributed by atoms with Crippen molar-refractivity contribution < 1.29 is 19.1 Å². The summed E-state index contributed by atoms with van der Waals surface area (Å²) in [6, 6.07) is 17.5. The predicted molar refractivity (Wildman–Crippen MR) is 134 cm³/mol. The fraction of sp³-hybridized carbons (Fsp3) is 0.464. The van der Waals surface area contributed by atoms with Crippen molar-refractivity contribution in [2.24, 2.45) is 0 Å². The number of anilines is 1. The molecule has 2 aromatic carbocycles. The van der Waals surface area contributed by atoms with Gasteiger partial charge in [-0.15, -0.1) is 0 Å². The molecule has 0 spiro atoms. The third-order valence-corrected chi connectivity index (χ3v) is 6.37. The highest BCUT2D eigenvalue weighted by molar-refractivity contribution is 6.03. The van der Waals surface area contributed by atoms with Crippen LogP contribution in [-0.2, 0) is 20.7 Å². The van der Waals surface area contributed by atoms with Gasteiger partial charge in [0, 0.05) is 25.9 Å². The Hall–Kier alpha value is -3.15. The second kappa shape index (κ2) is 13.5. The van der Waals surface area contributed by atoms with Crippen molar-refractivity contribution >= 4 is 23.5 Å². The van der Waals surface area contributed by atoms with Crippen LogP contribution >= 0.6 is 0 Å². The van der Waals surface area contributed by atoms with E-state index in [1.165, 1.54) is 12.0 Å². The number of para-hydroxylation sites is 1. The van der Waals surface area contributed by atoms with E-state index in [1.54, 1.807) is 18.2 Å². The summed E-state index contributed by atoms with van der Waals surface area (Å²) in [5, 5.41) is 2.85. The van der Waals surface area contributed by atoms with Crippen LogP contribution in [0.2, 0.25) is 0 Å². The Balaban J connectivity index is 1.39. The number of nitrogens with zero attached hydrogens (tertiary/aromatic N) is 1. The molecule has 34 heavy (non-hydrogen) atoms. The van der Waals surface area contributed by atoms with E-state index in [0.717, 1.165) is 38.5 Å². The lowest BCUT2D eigenvalue weighted by Gasteiger charge is -2.31. The summed E-state index contributed by atoms with van der Waals surface area (Å²) in [6.45, 7) is 0.379. The monoisotopic (exact) mass is 464 g/mol. The van der Waals surface area contributed by atoms with Crippen LogP contribution in [-0.4, -0.2) is 42.4 Å². The molecule has 6 heteroatoms. The number of carbonyl (C=O) groups is 3. The molecular formula is C28H36N2O4. The Bertz CT molecular complexity index is 938. The summed E-state index contributed by atoms with van der Waals surface area (Å²) >= 11 is 0. The molecule has 1 aliphatic rings. The molecule has 1 fully saturated rings. The fourth-order valence-electron chi connectivity index (χ4n) is 4.39. The number of amides is 2. The van der Waals surface area contributed by atoms with Gasteiger partial charge in [0.2, 0.25) is 5.91 Å². The number of ether oxygens (including phenoxy) is 1. The van der Waals surface area contributed by atoms with Crippen LogP contribution in [0.1, 0.15) is 73.7 Å². The summed E-state index contributed by atoms with van der Waals surface area (Å²) in [5.74, 6) is -0.565. The second-order valence-corrected chi connectivity index (χ2v) is 8.96. The minimum Gasteiger partial charge on any atom is -0.466 e. The Morgan fingerprint density at radius 3 is 2.38 bits per heavy atom. The van der Waals surface area contributed by atoms with Crippen LogP contribution in [0.3, 0.4) is 0 Å². The first-order chi connectivity index (χ1) is 16.5. The van der Waals surface area contributed by atoms with E-state index in [1.807, 2.05) is 36.2 Å². The lowest BCUT2D eigenvalue weighted by Crippen LogP contribution is -2.38. The highest BCUT2D eigenvalue weighted by Gasteiger charge is 2.24. The number of esters is 1. The van der Waals surface area contributed by atoms with Gasteiger partial charge >= 0.3 is 5.97 Å². The van der Waals surface area contributed by atoms with E-state index in [0.29, 0.717) is 24.3 Å². The number of benzene rings is 2. The highest BCUT2D eigenvalue weighted by Crippen LogP contribution is 2.25. The van der Waals surface area contributed by atoms with Gasteiger partial charge in [-0.25, -0.2) is 0 Å². The van der Waals surface area contributed by atoms with Crippen molar-refractivity contribution in [2.45, 2.75) is 70.3 Å². The van der Waals surface area contributed by atoms with Crippen molar-refractivity contribution in [3.63, 3.8) is 0 Å². The van der Waals surface area contributed by atoms with Crippen LogP contribution in [0.4, 0.5) is 5.69 Å². The molecule has 0 heterocycles. The smallest absolute Gasteiger partial charge is 0.305 e. The van der Waals surface area contributed by atoms with E-state index in [9.17, 15) is 14.4 Å². The Morgan fingerprint density at radius 2 is 1.62 bits per heavy atom. The first kappa shape index (κ1) is 25.5. The average Bonchev–Trinajstić information content (AvgIpc) is 2.87. The van der Waals surface area contributed by atoms with Gasteiger partial charge in [-0.1, -0.05) is 61.7 Å². The molecule has 2 aromatic rings. The number of rotatable bonds is 11. The maximum atomic E-state index is 13.1. The van der Waals surface area contributed by atoms with Crippen molar-refractivity contribution in [1.82, 2.24) is 4.90 Å². The minimum absolute atomic E-state index is 0.0677. The van der Waals surface area contributed by atoms with Gasteiger partial charge < -0.3 is 15.0 Å². The first-order valence-corrected chi connectivity index (χ1v) is 12.4. The standard InChI is InChI=1S/C28H36N2O4/c1-30(23-15-6-3-7-16-23)28(33)24-17-8-9-18-25(24)29-26(31)19-10-20-27(32)34-21-11-14-22-12-4-2-5-13-22/h2,4-5,8-9,12-13,17-18,23H,3,6-7,10-11,14-16,19-21H2,1H3,(H,29,31). The molecule has 1 saturated carbocycles. The fourth-order valence-corrected chi connectivity index (χ4v) is 4.39. The van der Waals surface area contributed by atoms with Crippen molar-refractivity contribution in [1.29, 1.82) is 0 Å². The number of carbonyl (C=O) groups excluding carboxylic acids is 3. The van der Waals surface area contributed by atoms with Gasteiger partial charge in [0.25, 0.3) is 5.91 Å². The molecule has 6 nitrogen and oxygen atoms in total. The third-order valence-electron chi connectivity index (χ3n) is 6.37. The third kappa shape index (κ3) is 8.01. The van der Waals surface area contributed by atoms with E-state index in [-0.39, 0.29) is 36.7 Å². The van der Waals surface area contributed by atoms with Crippen molar-refractivity contribution in [3.8, 4) is 0 Å². The Labute approximate surface area is 202 Å². The number of hydrogen-bond donors (Lipinski definition) is 1. The summed E-state index contributed by atoms with van der Waals surface area (Å²) in [7, 11) is 1.85. The first-order valence-electron chi connectivity index (χ1n) is 12.4. The molecule has 0 saturated heterocycles. The molecule has 0 aromatic heterocycles. The summed E-state index contributed by atoms with van der Waals surface area (Å²) in [6.07, 6.45) is 8.02. The van der Waals surface area contributed by atoms with E-state index in [4.69, 9.17) is 4.74 Å². The largest absolute Gasteiger partial charge is 0.466 e. The van der Waals surface area contributed by atoms with E-state index < -0.39 is 0 Å². The zero-order valence-electron chi connectivity index (χ0n) is 20.1. The molecule has 2 amide bonds. The van der Waals surface area contributed by atoms with E-state index >= 15 is 0 Å². The quantitative estimate of drug-likeness (QED) is 0.358. The summed E-state index contributed by atoms with van der Waals surface area (Å²) in [4.78, 5) is 39.3. The normalized spacial score (nSPS) is 13.8. The van der Waals surface area contributed by atoms with Gasteiger partial charge in [0.15, 0.2) is 0 Å². The van der Waals surface area contributed by atoms with Crippen LogP contribution in [0, 0.1) is 0 Å². The van der Waals surface area contributed by atoms with Gasteiger partial charge in [0.05, 0.1) is 17.9 Å². The van der Waals surface area contributed by atoms with Crippen LogP contribution in [0.25, 0.3) is 0 Å². The zero-order chi connectivity index (χ0) is 24.2. The molecule has 1 N–H and O–H groups in total. The van der Waals surface area contributed by atoms with Crippen LogP contribution in [0.5, 0.6) is 0 Å². The molecule has 3 rings (SSSR count). The maximum Gasteiger partial charge on any atom is 0.305 e. The van der Waals surface area contributed by atoms with Gasteiger partial charge in [-0.3, -0.25) is 14.4 Å². The molecule has 1 aliphatic carbocycles. The zero-order valence-corrected chi connectivity index (χ0v) is 20.1. The SMILES string of the molecule is CN(C(=O)c1ccccc1NC(=O)CCCC(=O)OCCCc1ccccc1)C1CCCCC1. The molecule has 0 bridgehead atoms. The second-order valence-electron chi connectivity index (χ2n) is 8.96. The molecule has 0 atom stereocenters. The van der Waals surface area contributed by atoms with Gasteiger partial charge in [0.1, 0.15) is 0 Å². The number of aryl methyl sites for hydroxylation is 1. The van der Waals surface area contributed by atoms with Crippen LogP contribution < -0.4 is 5.32 Å². The molecule has 0 radical (unpaired) electrons. The molecular weight excluding hydrogens is 428 g/mol. The lowest BCUT2D eigenvalue weighted by molar-refractivity contribution is -0.143. The average molecular weight is 465 g/mol. The lowest BCUT2D eigenvalue weighted by atomic mass is 9.94. The number of nitrogens with one attached hydrogen (secondary N) is 1. The molecule has 0 aliphatic heterocycles. The number of hydrogen-bond acceptors (Lipinski definition) is 4. The van der Waals surface area contributed by atoms with Crippen molar-refractivity contribution in [2.75, 3.05) is 19.0 Å². The van der Waals surface area contributed by atoms with E-state index in [2.05, 4.69) is 17.4 Å². The summed E-state index contributed by atoms with van der Waals surface area (Å²) < 4.78 is 5.28. The minimum atomic E-state index is -0.287. The summed E-state index contributed by atoms with van der Waals surface area (Å²) in [5.41, 5.74) is 2.24.